The van der Waals surface area contributed by atoms with E-state index in [1.165, 1.54) is 12.8 Å². The molecule has 1 spiro atoms. The summed E-state index contributed by atoms with van der Waals surface area (Å²) in [6.07, 6.45) is 4.34. The molecule has 1 atom stereocenters. The van der Waals surface area contributed by atoms with Crippen LogP contribution >= 0.6 is 0 Å². The summed E-state index contributed by atoms with van der Waals surface area (Å²) in [5.41, 5.74) is 0.961. The van der Waals surface area contributed by atoms with Crippen molar-refractivity contribution in [1.82, 2.24) is 9.88 Å². The van der Waals surface area contributed by atoms with Gasteiger partial charge in [-0.05, 0) is 78.9 Å². The number of aryl methyl sites for hydroxylation is 1. The van der Waals surface area contributed by atoms with Crippen molar-refractivity contribution in [2.75, 3.05) is 36.0 Å². The summed E-state index contributed by atoms with van der Waals surface area (Å²) in [5, 5.41) is 0. The van der Waals surface area contributed by atoms with E-state index in [9.17, 15) is 9.59 Å². The molecule has 1 aromatic heterocycles. The molecule has 0 radical (unpaired) electrons. The zero-order valence-electron chi connectivity index (χ0n) is 19.6. The van der Waals surface area contributed by atoms with Crippen molar-refractivity contribution in [3.63, 3.8) is 0 Å². The van der Waals surface area contributed by atoms with Crippen LogP contribution in [-0.2, 0) is 9.53 Å². The second kappa shape index (κ2) is 7.99. The van der Waals surface area contributed by atoms with Gasteiger partial charge in [-0.1, -0.05) is 0 Å². The first-order valence-corrected chi connectivity index (χ1v) is 11.6. The van der Waals surface area contributed by atoms with E-state index < -0.39 is 5.60 Å². The van der Waals surface area contributed by atoms with Gasteiger partial charge < -0.3 is 19.4 Å². The maximum absolute atomic E-state index is 13.5. The molecule has 4 rings (SSSR count). The van der Waals surface area contributed by atoms with E-state index in [-0.39, 0.29) is 17.4 Å². The summed E-state index contributed by atoms with van der Waals surface area (Å²) in [6, 6.07) is 4.65. The minimum absolute atomic E-state index is 0.184. The smallest absolute Gasteiger partial charge is 0.410 e. The highest BCUT2D eigenvalue weighted by Gasteiger charge is 2.49. The maximum Gasteiger partial charge on any atom is 0.410 e. The van der Waals surface area contributed by atoms with E-state index >= 15 is 0 Å². The molecular formula is C24H36N4O3. The number of aromatic nitrogens is 1. The molecule has 0 aromatic carbocycles. The van der Waals surface area contributed by atoms with Crippen LogP contribution < -0.4 is 9.80 Å². The molecule has 2 amide bonds. The highest BCUT2D eigenvalue weighted by atomic mass is 16.6. The molecule has 170 valence electrons. The summed E-state index contributed by atoms with van der Waals surface area (Å²) >= 11 is 0. The predicted molar refractivity (Wildman–Crippen MR) is 121 cm³/mol. The fraction of sp³-hybridized carbons (Fsp3) is 0.708. The summed E-state index contributed by atoms with van der Waals surface area (Å²) in [6.45, 7) is 12.8. The lowest BCUT2D eigenvalue weighted by Gasteiger charge is -2.38. The quantitative estimate of drug-likeness (QED) is 0.709. The van der Waals surface area contributed by atoms with E-state index in [2.05, 4.69) is 24.0 Å². The highest BCUT2D eigenvalue weighted by Crippen LogP contribution is 2.44. The van der Waals surface area contributed by atoms with Crippen molar-refractivity contribution in [3.8, 4) is 0 Å². The molecule has 0 N–H and O–H groups in total. The molecule has 3 aliphatic rings. The van der Waals surface area contributed by atoms with Crippen LogP contribution in [0.15, 0.2) is 12.1 Å². The predicted octanol–water partition coefficient (Wildman–Crippen LogP) is 4.13. The van der Waals surface area contributed by atoms with E-state index in [1.807, 2.05) is 32.6 Å². The van der Waals surface area contributed by atoms with Crippen molar-refractivity contribution in [3.05, 3.63) is 17.8 Å². The van der Waals surface area contributed by atoms with Crippen LogP contribution in [0.1, 0.15) is 65.5 Å². The van der Waals surface area contributed by atoms with E-state index in [4.69, 9.17) is 9.72 Å². The van der Waals surface area contributed by atoms with Crippen LogP contribution in [0.2, 0.25) is 0 Å². The first kappa shape index (κ1) is 21.9. The number of nitrogens with zero attached hydrogens (tertiary/aromatic N) is 4. The second-order valence-corrected chi connectivity index (χ2v) is 10.4. The van der Waals surface area contributed by atoms with E-state index in [1.54, 1.807) is 4.90 Å². The molecule has 7 nitrogen and oxygen atoms in total. The van der Waals surface area contributed by atoms with Gasteiger partial charge in [0.25, 0.3) is 0 Å². The third-order valence-electron chi connectivity index (χ3n) is 7.07. The van der Waals surface area contributed by atoms with Crippen molar-refractivity contribution < 1.29 is 14.3 Å². The Balaban J connectivity index is 1.43. The second-order valence-electron chi connectivity index (χ2n) is 10.4. The van der Waals surface area contributed by atoms with Gasteiger partial charge in [0, 0.05) is 32.2 Å². The Labute approximate surface area is 185 Å². The number of hydrogen-bond acceptors (Lipinski definition) is 5. The average Bonchev–Trinajstić information content (AvgIpc) is 3.26. The van der Waals surface area contributed by atoms with Gasteiger partial charge in [-0.3, -0.25) is 4.79 Å². The first-order chi connectivity index (χ1) is 14.6. The van der Waals surface area contributed by atoms with Gasteiger partial charge in [-0.2, -0.15) is 0 Å². The number of rotatable bonds is 2. The minimum Gasteiger partial charge on any atom is -0.444 e. The number of amides is 2. The number of carbonyl (C=O) groups excluding carboxylic acids is 2. The summed E-state index contributed by atoms with van der Waals surface area (Å²) in [7, 11) is 0. The molecule has 31 heavy (non-hydrogen) atoms. The number of ether oxygens (including phenoxy) is 1. The lowest BCUT2D eigenvalue weighted by atomic mass is 9.77. The normalized spacial score (nSPS) is 23.7. The average molecular weight is 429 g/mol. The third kappa shape index (κ3) is 4.23. The Morgan fingerprint density at radius 1 is 1.13 bits per heavy atom. The van der Waals surface area contributed by atoms with Gasteiger partial charge >= 0.3 is 6.09 Å². The molecule has 0 bridgehead atoms. The van der Waals surface area contributed by atoms with E-state index in [0.717, 1.165) is 30.2 Å². The van der Waals surface area contributed by atoms with Crippen molar-refractivity contribution in [2.24, 2.45) is 5.41 Å². The van der Waals surface area contributed by atoms with Gasteiger partial charge in [-0.25, -0.2) is 9.78 Å². The number of carbonyl (C=O) groups is 2. The summed E-state index contributed by atoms with van der Waals surface area (Å²) in [5.74, 6) is 1.20. The third-order valence-corrected chi connectivity index (χ3v) is 7.07. The Morgan fingerprint density at radius 3 is 2.39 bits per heavy atom. The fourth-order valence-electron chi connectivity index (χ4n) is 5.22. The molecule has 0 aliphatic carbocycles. The molecule has 0 unspecified atom stereocenters. The lowest BCUT2D eigenvalue weighted by molar-refractivity contribution is -0.128. The maximum atomic E-state index is 13.5. The van der Waals surface area contributed by atoms with Gasteiger partial charge in [-0.15, -0.1) is 0 Å². The largest absolute Gasteiger partial charge is 0.444 e. The number of hydrogen-bond donors (Lipinski definition) is 0. The van der Waals surface area contributed by atoms with Crippen molar-refractivity contribution in [2.45, 2.75) is 78.4 Å². The summed E-state index contributed by atoms with van der Waals surface area (Å²) in [4.78, 5) is 36.7. The number of likely N-dealkylation sites (tertiary alicyclic amines) is 1. The van der Waals surface area contributed by atoms with Crippen molar-refractivity contribution >= 4 is 23.5 Å². The van der Waals surface area contributed by atoms with Crippen molar-refractivity contribution in [1.29, 1.82) is 0 Å². The zero-order chi connectivity index (χ0) is 22.4. The van der Waals surface area contributed by atoms with Crippen LogP contribution in [0.5, 0.6) is 0 Å². The summed E-state index contributed by atoms with van der Waals surface area (Å²) < 4.78 is 5.50. The Bertz CT molecular complexity index is 855. The fourth-order valence-corrected chi connectivity index (χ4v) is 5.22. The number of piperidine rings is 1. The number of pyridine rings is 1. The molecule has 0 saturated carbocycles. The van der Waals surface area contributed by atoms with Crippen LogP contribution in [0.3, 0.4) is 0 Å². The monoisotopic (exact) mass is 428 g/mol. The molecule has 3 saturated heterocycles. The molecule has 3 aliphatic heterocycles. The standard InChI is InChI=1S/C24H36N4O3/c1-17-7-6-13-27(17)20-9-8-19(18(2)25-20)28-16-12-24(21(28)29)10-14-26(15-11-24)22(30)31-23(3,4)5/h8-9,17H,6-7,10-16H2,1-5H3/t17-/m0/s1. The van der Waals surface area contributed by atoms with Crippen LogP contribution in [0.25, 0.3) is 0 Å². The minimum atomic E-state index is -0.504. The zero-order valence-corrected chi connectivity index (χ0v) is 19.6. The Hall–Kier alpha value is -2.31. The number of anilines is 2. The van der Waals surface area contributed by atoms with E-state index in [0.29, 0.717) is 38.5 Å². The van der Waals surface area contributed by atoms with Crippen LogP contribution in [0.4, 0.5) is 16.3 Å². The lowest BCUT2D eigenvalue weighted by Crippen LogP contribution is -2.48. The molecule has 7 heteroatoms. The van der Waals surface area contributed by atoms with Crippen LogP contribution in [0, 0.1) is 12.3 Å². The van der Waals surface area contributed by atoms with Crippen LogP contribution in [-0.4, -0.2) is 59.7 Å². The first-order valence-electron chi connectivity index (χ1n) is 11.6. The topological polar surface area (TPSA) is 66.0 Å². The van der Waals surface area contributed by atoms with Gasteiger partial charge in [0.05, 0.1) is 16.8 Å². The molecule has 1 aromatic rings. The molecule has 3 fully saturated rings. The molecule has 4 heterocycles. The molecular weight excluding hydrogens is 392 g/mol. The van der Waals surface area contributed by atoms with Gasteiger partial charge in [0.2, 0.25) is 5.91 Å². The Kier molecular flexibility index (Phi) is 5.64. The SMILES string of the molecule is Cc1nc(N2CCC[C@@H]2C)ccc1N1CCC2(CCN(C(=O)OC(C)(C)C)CC2)C1=O. The van der Waals surface area contributed by atoms with Gasteiger partial charge in [0.1, 0.15) is 11.4 Å². The highest BCUT2D eigenvalue weighted by molar-refractivity contribution is 6.00. The van der Waals surface area contributed by atoms with Gasteiger partial charge in [0.15, 0.2) is 0 Å². The Morgan fingerprint density at radius 2 is 1.81 bits per heavy atom.